The number of nitrogens with one attached hydrogen (secondary N) is 1. The number of benzene rings is 1. The molecule has 6 heteroatoms. The number of halogens is 1. The minimum atomic E-state index is -0.285. The Morgan fingerprint density at radius 2 is 2.18 bits per heavy atom. The number of hydrogen-bond donors (Lipinski definition) is 2. The molecule has 0 spiro atoms. The van der Waals surface area contributed by atoms with E-state index in [4.69, 9.17) is 22.1 Å². The van der Waals surface area contributed by atoms with Crippen LogP contribution in [0.3, 0.4) is 0 Å². The van der Waals surface area contributed by atoms with Crippen LogP contribution in [-0.4, -0.2) is 25.0 Å². The third-order valence-electron chi connectivity index (χ3n) is 4.07. The minimum Gasteiger partial charge on any atom is -0.496 e. The molecule has 1 aromatic rings. The summed E-state index contributed by atoms with van der Waals surface area (Å²) in [6.07, 6.45) is 3.34. The molecule has 1 aliphatic carbocycles. The first-order chi connectivity index (χ1) is 10.5. The van der Waals surface area contributed by atoms with E-state index in [1.54, 1.807) is 25.3 Å². The van der Waals surface area contributed by atoms with E-state index in [1.807, 2.05) is 0 Å². The Hall–Kier alpha value is -1.75. The molecule has 3 N–H and O–H groups in total. The monoisotopic (exact) mass is 324 g/mol. The molecule has 0 saturated heterocycles. The molecule has 1 aliphatic rings. The summed E-state index contributed by atoms with van der Waals surface area (Å²) in [4.78, 5) is 23.5. The highest BCUT2D eigenvalue weighted by Gasteiger charge is 2.26. The first kappa shape index (κ1) is 16.6. The second kappa shape index (κ2) is 7.49. The van der Waals surface area contributed by atoms with Crippen LogP contribution in [-0.2, 0) is 16.0 Å². The summed E-state index contributed by atoms with van der Waals surface area (Å²) in [7, 11) is 1.55. The van der Waals surface area contributed by atoms with Crippen LogP contribution in [0.1, 0.15) is 31.2 Å². The first-order valence-electron chi connectivity index (χ1n) is 7.41. The van der Waals surface area contributed by atoms with E-state index in [2.05, 4.69) is 5.32 Å². The lowest BCUT2D eigenvalue weighted by Gasteiger charge is -2.28. The van der Waals surface area contributed by atoms with Crippen LogP contribution in [0.15, 0.2) is 18.2 Å². The Labute approximate surface area is 135 Å². The minimum absolute atomic E-state index is 0.00719. The van der Waals surface area contributed by atoms with Crippen LogP contribution < -0.4 is 15.8 Å². The molecule has 2 amide bonds. The van der Waals surface area contributed by atoms with Crippen molar-refractivity contribution in [1.29, 1.82) is 0 Å². The van der Waals surface area contributed by atoms with Gasteiger partial charge in [0.05, 0.1) is 13.5 Å². The Bertz CT molecular complexity index is 562. The standard InChI is InChI=1S/C16H21ClN2O3/c1-22-14-7-3-6-13(17)12(14)9-15(20)19-11-5-2-4-10(8-11)16(18)21/h3,6-7,10-11H,2,4-5,8-9H2,1H3,(H2,18,21)(H,19,20)/t10-,11-/m1/s1. The predicted molar refractivity (Wildman–Crippen MR) is 84.8 cm³/mol. The smallest absolute Gasteiger partial charge is 0.224 e. The number of methoxy groups -OCH3 is 1. The summed E-state index contributed by atoms with van der Waals surface area (Å²) in [5.74, 6) is 0.0449. The van der Waals surface area contributed by atoms with Crippen molar-refractivity contribution in [2.45, 2.75) is 38.1 Å². The molecule has 120 valence electrons. The number of carbonyl (C=O) groups excluding carboxylic acids is 2. The second-order valence-corrected chi connectivity index (χ2v) is 6.03. The zero-order valence-corrected chi connectivity index (χ0v) is 13.4. The summed E-state index contributed by atoms with van der Waals surface area (Å²) in [5, 5.41) is 3.48. The lowest BCUT2D eigenvalue weighted by molar-refractivity contribution is -0.125. The van der Waals surface area contributed by atoms with Crippen LogP contribution >= 0.6 is 11.6 Å². The van der Waals surface area contributed by atoms with Crippen LogP contribution in [0.4, 0.5) is 0 Å². The van der Waals surface area contributed by atoms with E-state index in [0.29, 0.717) is 22.8 Å². The normalized spacial score (nSPS) is 21.2. The summed E-state index contributed by atoms with van der Waals surface area (Å²) in [6, 6.07) is 5.28. The molecule has 1 fully saturated rings. The van der Waals surface area contributed by atoms with Gasteiger partial charge in [0.2, 0.25) is 11.8 Å². The average molecular weight is 325 g/mol. The van der Waals surface area contributed by atoms with Crippen molar-refractivity contribution in [3.63, 3.8) is 0 Å². The van der Waals surface area contributed by atoms with E-state index in [9.17, 15) is 9.59 Å². The van der Waals surface area contributed by atoms with Gasteiger partial charge in [0.25, 0.3) is 0 Å². The predicted octanol–water partition coefficient (Wildman–Crippen LogP) is 2.05. The maximum Gasteiger partial charge on any atom is 0.224 e. The molecule has 0 aromatic heterocycles. The van der Waals surface area contributed by atoms with Crippen molar-refractivity contribution in [2.24, 2.45) is 11.7 Å². The van der Waals surface area contributed by atoms with Gasteiger partial charge in [0.1, 0.15) is 5.75 Å². The van der Waals surface area contributed by atoms with Gasteiger partial charge in [-0.15, -0.1) is 0 Å². The molecular weight excluding hydrogens is 304 g/mol. The van der Waals surface area contributed by atoms with Gasteiger partial charge in [-0.05, 0) is 31.4 Å². The van der Waals surface area contributed by atoms with Gasteiger partial charge in [0, 0.05) is 22.5 Å². The summed E-state index contributed by atoms with van der Waals surface area (Å²) >= 11 is 6.14. The Morgan fingerprint density at radius 1 is 1.41 bits per heavy atom. The van der Waals surface area contributed by atoms with E-state index in [0.717, 1.165) is 19.3 Å². The molecule has 22 heavy (non-hydrogen) atoms. The quantitative estimate of drug-likeness (QED) is 0.869. The molecule has 5 nitrogen and oxygen atoms in total. The van der Waals surface area contributed by atoms with E-state index < -0.39 is 0 Å². The van der Waals surface area contributed by atoms with E-state index in [1.165, 1.54) is 0 Å². The van der Waals surface area contributed by atoms with Crippen molar-refractivity contribution in [2.75, 3.05) is 7.11 Å². The fourth-order valence-electron chi connectivity index (χ4n) is 2.92. The number of carbonyl (C=O) groups is 2. The van der Waals surface area contributed by atoms with Crippen molar-refractivity contribution in [3.8, 4) is 5.75 Å². The maximum atomic E-state index is 12.2. The number of primary amides is 1. The molecule has 1 saturated carbocycles. The SMILES string of the molecule is COc1cccc(Cl)c1CC(=O)N[C@@H]1CCC[C@@H](C(N)=O)C1. The fourth-order valence-corrected chi connectivity index (χ4v) is 3.15. The lowest BCUT2D eigenvalue weighted by atomic mass is 9.85. The summed E-state index contributed by atoms with van der Waals surface area (Å²) in [6.45, 7) is 0. The third-order valence-corrected chi connectivity index (χ3v) is 4.43. The van der Waals surface area contributed by atoms with Gasteiger partial charge < -0.3 is 15.8 Å². The van der Waals surface area contributed by atoms with Crippen LogP contribution in [0.25, 0.3) is 0 Å². The van der Waals surface area contributed by atoms with Crippen molar-refractivity contribution in [1.82, 2.24) is 5.32 Å². The third kappa shape index (κ3) is 4.13. The first-order valence-corrected chi connectivity index (χ1v) is 7.79. The molecule has 2 rings (SSSR count). The zero-order chi connectivity index (χ0) is 16.1. The Balaban J connectivity index is 1.97. The van der Waals surface area contributed by atoms with E-state index in [-0.39, 0.29) is 30.2 Å². The highest BCUT2D eigenvalue weighted by Crippen LogP contribution is 2.27. The van der Waals surface area contributed by atoms with Crippen LogP contribution in [0.2, 0.25) is 5.02 Å². The van der Waals surface area contributed by atoms with Crippen LogP contribution in [0, 0.1) is 5.92 Å². The molecule has 0 bridgehead atoms. The number of nitrogens with two attached hydrogens (primary N) is 1. The Kier molecular flexibility index (Phi) is 5.66. The highest BCUT2D eigenvalue weighted by molar-refractivity contribution is 6.31. The number of ether oxygens (including phenoxy) is 1. The Morgan fingerprint density at radius 3 is 2.86 bits per heavy atom. The van der Waals surface area contributed by atoms with Crippen LogP contribution in [0.5, 0.6) is 5.75 Å². The summed E-state index contributed by atoms with van der Waals surface area (Å²) in [5.41, 5.74) is 6.03. The fraction of sp³-hybridized carbons (Fsp3) is 0.500. The van der Waals surface area contributed by atoms with Gasteiger partial charge in [-0.3, -0.25) is 9.59 Å². The molecule has 0 radical (unpaired) electrons. The molecular formula is C16H21ClN2O3. The van der Waals surface area contributed by atoms with Gasteiger partial charge in [-0.1, -0.05) is 24.1 Å². The van der Waals surface area contributed by atoms with Gasteiger partial charge in [-0.2, -0.15) is 0 Å². The topological polar surface area (TPSA) is 81.4 Å². The molecule has 0 heterocycles. The number of amides is 2. The van der Waals surface area contributed by atoms with Crippen molar-refractivity contribution in [3.05, 3.63) is 28.8 Å². The molecule has 0 aliphatic heterocycles. The second-order valence-electron chi connectivity index (χ2n) is 5.63. The highest BCUT2D eigenvalue weighted by atomic mass is 35.5. The van der Waals surface area contributed by atoms with Gasteiger partial charge in [-0.25, -0.2) is 0 Å². The number of hydrogen-bond acceptors (Lipinski definition) is 3. The molecule has 0 unspecified atom stereocenters. The van der Waals surface area contributed by atoms with Crippen molar-refractivity contribution < 1.29 is 14.3 Å². The van der Waals surface area contributed by atoms with E-state index >= 15 is 0 Å². The summed E-state index contributed by atoms with van der Waals surface area (Å²) < 4.78 is 5.24. The largest absolute Gasteiger partial charge is 0.496 e. The van der Waals surface area contributed by atoms with Gasteiger partial charge in [0.15, 0.2) is 0 Å². The molecule has 2 atom stereocenters. The lowest BCUT2D eigenvalue weighted by Crippen LogP contribution is -2.41. The van der Waals surface area contributed by atoms with Gasteiger partial charge >= 0.3 is 0 Å². The molecule has 1 aromatic carbocycles. The zero-order valence-electron chi connectivity index (χ0n) is 12.6. The average Bonchev–Trinajstić information content (AvgIpc) is 2.49. The number of rotatable bonds is 5. The van der Waals surface area contributed by atoms with Crippen molar-refractivity contribution >= 4 is 23.4 Å². The maximum absolute atomic E-state index is 12.2.